The van der Waals surface area contributed by atoms with Crippen molar-refractivity contribution in [2.24, 2.45) is 0 Å². The number of halogens is 6. The molecule has 30 heteroatoms. The number of nitrogens with one attached hydrogen (secondary N) is 2. The molecule has 2 amide bonds. The Morgan fingerprint density at radius 1 is 0.429 bits per heavy atom. The summed E-state index contributed by atoms with van der Waals surface area (Å²) in [5.74, 6) is -5.79. The highest BCUT2D eigenvalue weighted by Gasteiger charge is 2.32. The summed E-state index contributed by atoms with van der Waals surface area (Å²) in [5, 5.41) is 22.9. The van der Waals surface area contributed by atoms with E-state index in [2.05, 4.69) is 0 Å². The zero-order valence-electron chi connectivity index (χ0n) is 27.6. The van der Waals surface area contributed by atoms with E-state index >= 15 is 0 Å². The average Bonchev–Trinajstić information content (AvgIpc) is 3.09. The molecular formula is C26H26I6N2O22. The van der Waals surface area contributed by atoms with Crippen molar-refractivity contribution in [3.8, 4) is 0 Å². The Hall–Kier alpha value is -1.86. The Bertz CT molecular complexity index is 2130. The van der Waals surface area contributed by atoms with Crippen molar-refractivity contribution in [1.29, 1.82) is 0 Å². The zero-order valence-corrected chi connectivity index (χ0v) is 40.5. The second kappa shape index (κ2) is 24.9. The molecule has 0 bridgehead atoms. The van der Waals surface area contributed by atoms with E-state index in [9.17, 15) is 66.2 Å². The molecular weight excluding hydrogens is 1450 g/mol. The van der Waals surface area contributed by atoms with Gasteiger partial charge in [-0.3, -0.25) is 9.59 Å². The monoisotopic (exact) mass is 1480 g/mol. The molecule has 2 aromatic rings. The molecule has 4 N–H and O–H groups in total. The van der Waals surface area contributed by atoms with Crippen molar-refractivity contribution in [2.45, 2.75) is 12.8 Å². The third-order valence-corrected chi connectivity index (χ3v) is 17.5. The number of benzene rings is 2. The number of ether oxygens (including phenoxy) is 4. The summed E-state index contributed by atoms with van der Waals surface area (Å²) in [4.78, 5) is 48.2. The van der Waals surface area contributed by atoms with Crippen molar-refractivity contribution in [3.63, 3.8) is 0 Å². The second-order valence-corrected chi connectivity index (χ2v) is 24.0. The van der Waals surface area contributed by atoms with Gasteiger partial charge in [-0.25, -0.2) is 46.4 Å². The summed E-state index contributed by atoms with van der Waals surface area (Å²) < 4.78 is 157. The molecule has 0 aliphatic rings. The Kier molecular flexibility index (Phi) is 22.4. The van der Waals surface area contributed by atoms with E-state index in [1.54, 1.807) is 0 Å². The number of hydrogen-bond acceptors (Lipinski definition) is 20. The molecule has 0 saturated heterocycles. The van der Waals surface area contributed by atoms with Crippen LogP contribution in [0.25, 0.3) is 0 Å². The van der Waals surface area contributed by atoms with E-state index in [4.69, 9.17) is 18.9 Å². The van der Waals surface area contributed by atoms with Crippen LogP contribution in [0.5, 0.6) is 0 Å². The van der Waals surface area contributed by atoms with Crippen LogP contribution in [0.1, 0.15) is 33.6 Å². The van der Waals surface area contributed by atoms with E-state index in [0.29, 0.717) is 12.1 Å². The van der Waals surface area contributed by atoms with Gasteiger partial charge in [0.2, 0.25) is 11.8 Å². The Morgan fingerprint density at radius 3 is 0.929 bits per heavy atom. The van der Waals surface area contributed by atoms with Crippen molar-refractivity contribution in [2.75, 3.05) is 63.5 Å². The number of aromatic carboxylic acids is 2. The Labute approximate surface area is 355 Å². The molecule has 0 radical (unpaired) electrons. The van der Waals surface area contributed by atoms with Gasteiger partial charge in [-0.05, 0) is 12.1 Å². The molecule has 0 heterocycles. The number of carboxylic acids is 2. The normalized spacial score (nSPS) is 11.6. The molecule has 24 nitrogen and oxygen atoms in total. The Morgan fingerprint density at radius 2 is 0.696 bits per heavy atom. The standard InChI is InChI=1S/C26H26I6N2O22/c35-17(33-23-15(29(45)46)11-13(27(41)42)19(25(37)38)21(23)31(49)50)1-3-53-5-7-55-9-10-56-8-6-54-4-2-18(36)34-24-16(30(47)48)12-14(28(43)44)20(26(39)40)22(24)32(51)52/h11-12H,1-10H2,(H,33,35)(H,34,36)(H,37,38)(H,39,40). The first kappa shape index (κ1) is 50.3. The van der Waals surface area contributed by atoms with E-state index in [0.717, 1.165) is 0 Å². The number of carbonyl (C=O) groups is 4. The van der Waals surface area contributed by atoms with Gasteiger partial charge in [0.25, 0.3) is 0 Å². The van der Waals surface area contributed by atoms with Crippen molar-refractivity contribution in [1.82, 2.24) is 0 Å². The number of carboxylic acid groups (broad SMARTS) is 2. The SMILES string of the molecule is O=C(CCOCCOCCOCCOCCC(=O)Nc1c(I(=O)=O)cc(I(=O)=O)c(C(=O)O)c1I(=O)=O)Nc1c(I(=O)=O)cc(I(=O)=O)c(C(=O)O)c1I(=O)=O. The maximum Gasteiger partial charge on any atom is 0.343 e. The summed E-state index contributed by atoms with van der Waals surface area (Å²) in [6.45, 7) is -0.416. The lowest BCUT2D eigenvalue weighted by molar-refractivity contribution is -0.118. The first-order chi connectivity index (χ1) is 26.3. The summed E-state index contributed by atoms with van der Waals surface area (Å²) in [6.07, 6.45) is -0.877. The quantitative estimate of drug-likeness (QED) is 0.0772. The van der Waals surface area contributed by atoms with Crippen LogP contribution in [0.3, 0.4) is 0 Å². The molecule has 2 aromatic carbocycles. The van der Waals surface area contributed by atoms with E-state index in [1.807, 2.05) is 10.6 Å². The second-order valence-electron chi connectivity index (χ2n) is 9.77. The summed E-state index contributed by atoms with van der Waals surface area (Å²) in [5.41, 5.74) is -3.93. The molecule has 314 valence electrons. The summed E-state index contributed by atoms with van der Waals surface area (Å²) >= 11 is -28.5. The van der Waals surface area contributed by atoms with Gasteiger partial charge < -0.3 is 39.8 Å². The van der Waals surface area contributed by atoms with Crippen LogP contribution >= 0.6 is 119 Å². The van der Waals surface area contributed by atoms with Gasteiger partial charge in [0.15, 0.2) is 0 Å². The van der Waals surface area contributed by atoms with E-state index < -0.39 is 199 Å². The third-order valence-electron chi connectivity index (χ3n) is 6.33. The Balaban J connectivity index is 1.74. The maximum atomic E-state index is 12.4. The van der Waals surface area contributed by atoms with Gasteiger partial charge in [0, 0.05) is 0 Å². The maximum absolute atomic E-state index is 12.4. The van der Waals surface area contributed by atoms with E-state index in [-0.39, 0.29) is 52.9 Å². The van der Waals surface area contributed by atoms with Crippen molar-refractivity contribution >= 4 is 154 Å². The summed E-state index contributed by atoms with van der Waals surface area (Å²) in [6, 6.07) is 1.03. The predicted molar refractivity (Wildman–Crippen MR) is 221 cm³/mol. The zero-order chi connectivity index (χ0) is 42.3. The highest BCUT2D eigenvalue weighted by atomic mass is 127. The van der Waals surface area contributed by atoms with Gasteiger partial charge in [0.05, 0.1) is 95.3 Å². The molecule has 56 heavy (non-hydrogen) atoms. The fraction of sp³-hybridized carbons (Fsp3) is 0.385. The van der Waals surface area contributed by atoms with Crippen LogP contribution in [0, 0.1) is 21.4 Å². The van der Waals surface area contributed by atoms with Gasteiger partial charge in [-0.2, -0.15) is 0 Å². The number of rotatable bonds is 25. The van der Waals surface area contributed by atoms with Gasteiger partial charge in [-0.1, -0.05) is 0 Å². The topological polar surface area (TPSA) is 375 Å². The minimum Gasteiger partial charge on any atom is -0.478 e. The first-order valence-corrected chi connectivity index (χ1v) is 31.5. The smallest absolute Gasteiger partial charge is 0.343 e. The molecule has 0 aliphatic carbocycles. The fourth-order valence-electron chi connectivity index (χ4n) is 4.09. The highest BCUT2D eigenvalue weighted by Crippen LogP contribution is 2.42. The number of hydrogen-bond donors (Lipinski definition) is 4. The van der Waals surface area contributed by atoms with Crippen LogP contribution in [0.15, 0.2) is 12.1 Å². The lowest BCUT2D eigenvalue weighted by atomic mass is 10.2. The molecule has 0 atom stereocenters. The van der Waals surface area contributed by atoms with Gasteiger partial charge in [0.1, 0.15) is 14.3 Å². The van der Waals surface area contributed by atoms with Crippen molar-refractivity contribution < 1.29 is 85.2 Å². The molecule has 0 saturated carbocycles. The molecule has 2 rings (SSSR count). The molecule has 0 aromatic heterocycles. The van der Waals surface area contributed by atoms with Crippen LogP contribution in [0.4, 0.5) is 11.4 Å². The minimum absolute atomic E-state index is 0.0200. The number of anilines is 2. The largest absolute Gasteiger partial charge is 0.478 e. The third kappa shape index (κ3) is 15.1. The minimum atomic E-state index is -4.89. The van der Waals surface area contributed by atoms with E-state index in [1.165, 1.54) is 0 Å². The number of carbonyl (C=O) groups excluding carboxylic acids is 2. The molecule has 0 aliphatic heterocycles. The average molecular weight is 1480 g/mol. The van der Waals surface area contributed by atoms with Crippen molar-refractivity contribution in [3.05, 3.63) is 44.7 Å². The molecule has 0 unspecified atom stereocenters. The van der Waals surface area contributed by atoms with Crippen LogP contribution in [0.2, 0.25) is 0 Å². The van der Waals surface area contributed by atoms with Gasteiger partial charge in [-0.15, -0.1) is 0 Å². The van der Waals surface area contributed by atoms with Crippen LogP contribution in [-0.4, -0.2) is 86.8 Å². The summed E-state index contributed by atoms with van der Waals surface area (Å²) in [7, 11) is 0. The highest BCUT2D eigenvalue weighted by molar-refractivity contribution is 14.2. The predicted octanol–water partition coefficient (Wildman–Crippen LogP) is 4.71. The van der Waals surface area contributed by atoms with Crippen LogP contribution in [-0.2, 0) is 65.4 Å². The molecule has 0 spiro atoms. The fourth-order valence-corrected chi connectivity index (χ4v) is 16.8. The lowest BCUT2D eigenvalue weighted by Crippen LogP contribution is -2.19. The number of amides is 2. The lowest BCUT2D eigenvalue weighted by Gasteiger charge is -2.12. The van der Waals surface area contributed by atoms with Gasteiger partial charge >= 0.3 is 131 Å². The van der Waals surface area contributed by atoms with Crippen LogP contribution < -0.4 is 10.6 Å². The first-order valence-electron chi connectivity index (χ1n) is 14.4. The molecule has 0 fully saturated rings.